The van der Waals surface area contributed by atoms with Crippen LogP contribution in [0.2, 0.25) is 0 Å². The van der Waals surface area contributed by atoms with Crippen LogP contribution < -0.4 is 10.1 Å². The number of nitro groups is 1. The number of para-hydroxylation sites is 1. The lowest BCUT2D eigenvalue weighted by Crippen LogP contribution is -2.31. The van der Waals surface area contributed by atoms with E-state index in [0.29, 0.717) is 16.9 Å². The smallest absolute Gasteiger partial charge is 0.418 e. The van der Waals surface area contributed by atoms with Crippen LogP contribution in [0.15, 0.2) is 36.4 Å². The fourth-order valence-electron chi connectivity index (χ4n) is 3.12. The van der Waals surface area contributed by atoms with Crippen molar-refractivity contribution in [2.45, 2.75) is 19.3 Å². The number of likely N-dealkylation sites (N-methyl/N-ethyl adjacent to an activating group) is 1. The van der Waals surface area contributed by atoms with Gasteiger partial charge in [0.15, 0.2) is 6.79 Å². The quantitative estimate of drug-likeness (QED) is 0.562. The summed E-state index contributed by atoms with van der Waals surface area (Å²) >= 11 is 0. The fraction of sp³-hybridized carbons (Fsp3) is 0.316. The first kappa shape index (κ1) is 21.5. The van der Waals surface area contributed by atoms with Crippen molar-refractivity contribution in [1.82, 2.24) is 4.90 Å². The zero-order valence-electron chi connectivity index (χ0n) is 15.9. The van der Waals surface area contributed by atoms with Gasteiger partial charge in [0.05, 0.1) is 29.3 Å². The molecule has 2 aromatic rings. The number of nitro benzene ring substituents is 1. The minimum absolute atomic E-state index is 0.00373. The van der Waals surface area contributed by atoms with Gasteiger partial charge >= 0.3 is 6.18 Å². The fourth-order valence-corrected chi connectivity index (χ4v) is 3.12. The SMILES string of the molecule is CN(CC(=O)Nc1ccccc1C(F)(F)F)Cc1cc([N+](=O)[O-])cc2c1OCOC2. The second kappa shape index (κ2) is 8.67. The number of benzene rings is 2. The lowest BCUT2D eigenvalue weighted by atomic mass is 10.1. The minimum Gasteiger partial charge on any atom is -0.467 e. The molecule has 0 aromatic heterocycles. The summed E-state index contributed by atoms with van der Waals surface area (Å²) in [5, 5.41) is 13.4. The van der Waals surface area contributed by atoms with Crippen LogP contribution in [0, 0.1) is 10.1 Å². The normalized spacial score (nSPS) is 13.5. The van der Waals surface area contributed by atoms with Gasteiger partial charge in [0, 0.05) is 29.8 Å². The second-order valence-corrected chi connectivity index (χ2v) is 6.72. The molecule has 11 heteroatoms. The number of nitrogens with zero attached hydrogens (tertiary/aromatic N) is 2. The van der Waals surface area contributed by atoms with Gasteiger partial charge in [0.2, 0.25) is 5.91 Å². The van der Waals surface area contributed by atoms with Gasteiger partial charge in [-0.25, -0.2) is 0 Å². The number of alkyl halides is 3. The maximum Gasteiger partial charge on any atom is 0.418 e. The molecule has 0 aliphatic carbocycles. The Hall–Kier alpha value is -3.18. The summed E-state index contributed by atoms with van der Waals surface area (Å²) in [5.74, 6) is -0.209. The average molecular weight is 425 g/mol. The number of hydrogen-bond acceptors (Lipinski definition) is 6. The summed E-state index contributed by atoms with van der Waals surface area (Å²) in [6, 6.07) is 7.39. The maximum atomic E-state index is 13.1. The molecule has 0 fully saturated rings. The number of rotatable bonds is 6. The number of hydrogen-bond donors (Lipinski definition) is 1. The van der Waals surface area contributed by atoms with Gasteiger partial charge in [0.1, 0.15) is 5.75 Å². The molecule has 0 atom stereocenters. The molecular formula is C19H18F3N3O5. The summed E-state index contributed by atoms with van der Waals surface area (Å²) in [7, 11) is 1.57. The van der Waals surface area contributed by atoms with Crippen LogP contribution in [0.3, 0.4) is 0 Å². The Morgan fingerprint density at radius 1 is 1.30 bits per heavy atom. The molecule has 0 saturated heterocycles. The predicted molar refractivity (Wildman–Crippen MR) is 99.8 cm³/mol. The Labute approximate surface area is 169 Å². The summed E-state index contributed by atoms with van der Waals surface area (Å²) in [6.45, 7) is 0.0250. The summed E-state index contributed by atoms with van der Waals surface area (Å²) in [4.78, 5) is 24.4. The maximum absolute atomic E-state index is 13.1. The molecule has 0 spiro atoms. The van der Waals surface area contributed by atoms with E-state index >= 15 is 0 Å². The molecule has 1 aliphatic rings. The third-order valence-corrected chi connectivity index (χ3v) is 4.34. The van der Waals surface area contributed by atoms with Crippen molar-refractivity contribution in [3.63, 3.8) is 0 Å². The van der Waals surface area contributed by atoms with E-state index in [2.05, 4.69) is 5.32 Å². The molecule has 0 unspecified atom stereocenters. The van der Waals surface area contributed by atoms with Crippen LogP contribution in [0.25, 0.3) is 0 Å². The Bertz CT molecular complexity index is 965. The van der Waals surface area contributed by atoms with Crippen molar-refractivity contribution < 1.29 is 32.4 Å². The van der Waals surface area contributed by atoms with Crippen molar-refractivity contribution >= 4 is 17.3 Å². The van der Waals surface area contributed by atoms with Gasteiger partial charge in [-0.15, -0.1) is 0 Å². The number of fused-ring (bicyclic) bond motifs is 1. The Kier molecular flexibility index (Phi) is 6.22. The van der Waals surface area contributed by atoms with Gasteiger partial charge in [0.25, 0.3) is 5.69 Å². The van der Waals surface area contributed by atoms with Gasteiger partial charge < -0.3 is 14.8 Å². The first-order valence-electron chi connectivity index (χ1n) is 8.80. The standard InChI is InChI=1S/C19H18F3N3O5/c1-24(9-17(26)23-16-5-3-2-4-15(16)19(20,21)22)8-12-6-14(25(27)28)7-13-10-29-11-30-18(12)13/h2-7H,8-11H2,1H3,(H,23,26). The Balaban J connectivity index is 1.72. The van der Waals surface area contributed by atoms with E-state index in [-0.39, 0.29) is 37.9 Å². The van der Waals surface area contributed by atoms with E-state index in [1.165, 1.54) is 35.2 Å². The molecule has 30 heavy (non-hydrogen) atoms. The van der Waals surface area contributed by atoms with Crippen molar-refractivity contribution in [3.05, 3.63) is 63.2 Å². The lowest BCUT2D eigenvalue weighted by Gasteiger charge is -2.23. The number of amides is 1. The van der Waals surface area contributed by atoms with Crippen LogP contribution >= 0.6 is 0 Å². The van der Waals surface area contributed by atoms with Gasteiger partial charge in [-0.3, -0.25) is 19.8 Å². The number of carbonyl (C=O) groups is 1. The van der Waals surface area contributed by atoms with Crippen LogP contribution in [-0.4, -0.2) is 36.1 Å². The van der Waals surface area contributed by atoms with Crippen molar-refractivity contribution in [3.8, 4) is 5.75 Å². The van der Waals surface area contributed by atoms with Crippen LogP contribution in [0.1, 0.15) is 16.7 Å². The molecule has 0 radical (unpaired) electrons. The number of carbonyl (C=O) groups excluding carboxylic acids is 1. The molecular weight excluding hydrogens is 407 g/mol. The molecule has 0 bridgehead atoms. The molecule has 1 N–H and O–H groups in total. The van der Waals surface area contributed by atoms with Crippen molar-refractivity contribution in [2.24, 2.45) is 0 Å². The lowest BCUT2D eigenvalue weighted by molar-refractivity contribution is -0.385. The first-order chi connectivity index (χ1) is 14.1. The van der Waals surface area contributed by atoms with E-state index < -0.39 is 22.6 Å². The average Bonchev–Trinajstić information content (AvgIpc) is 2.67. The topological polar surface area (TPSA) is 93.9 Å². The molecule has 1 heterocycles. The number of ether oxygens (including phenoxy) is 2. The highest BCUT2D eigenvalue weighted by Gasteiger charge is 2.33. The van der Waals surface area contributed by atoms with E-state index in [9.17, 15) is 28.1 Å². The number of halogens is 3. The Morgan fingerprint density at radius 3 is 2.73 bits per heavy atom. The van der Waals surface area contributed by atoms with Crippen molar-refractivity contribution in [1.29, 1.82) is 0 Å². The number of anilines is 1. The zero-order chi connectivity index (χ0) is 21.9. The summed E-state index contributed by atoms with van der Waals surface area (Å²) in [6.07, 6.45) is -4.60. The molecule has 2 aromatic carbocycles. The number of non-ortho nitro benzene ring substituents is 1. The first-order valence-corrected chi connectivity index (χ1v) is 8.80. The predicted octanol–water partition coefficient (Wildman–Crippen LogP) is 3.55. The monoisotopic (exact) mass is 425 g/mol. The summed E-state index contributed by atoms with van der Waals surface area (Å²) in [5.41, 5.74) is -0.426. The summed E-state index contributed by atoms with van der Waals surface area (Å²) < 4.78 is 49.8. The van der Waals surface area contributed by atoms with Crippen LogP contribution in [0.5, 0.6) is 5.75 Å². The largest absolute Gasteiger partial charge is 0.467 e. The number of nitrogens with one attached hydrogen (secondary N) is 1. The van der Waals surface area contributed by atoms with E-state index in [4.69, 9.17) is 9.47 Å². The third-order valence-electron chi connectivity index (χ3n) is 4.34. The molecule has 1 aliphatic heterocycles. The minimum atomic E-state index is -4.60. The molecule has 0 saturated carbocycles. The van der Waals surface area contributed by atoms with Gasteiger partial charge in [-0.2, -0.15) is 13.2 Å². The Morgan fingerprint density at radius 2 is 2.03 bits per heavy atom. The second-order valence-electron chi connectivity index (χ2n) is 6.72. The van der Waals surface area contributed by atoms with E-state index in [1.54, 1.807) is 7.05 Å². The highest BCUT2D eigenvalue weighted by atomic mass is 19.4. The van der Waals surface area contributed by atoms with Crippen LogP contribution in [-0.2, 0) is 28.9 Å². The molecule has 8 nitrogen and oxygen atoms in total. The van der Waals surface area contributed by atoms with Gasteiger partial charge in [-0.1, -0.05) is 12.1 Å². The molecule has 3 rings (SSSR count). The van der Waals surface area contributed by atoms with Gasteiger partial charge in [-0.05, 0) is 19.2 Å². The third kappa shape index (κ3) is 5.05. The highest BCUT2D eigenvalue weighted by Crippen LogP contribution is 2.35. The van der Waals surface area contributed by atoms with E-state index in [1.807, 2.05) is 0 Å². The van der Waals surface area contributed by atoms with E-state index in [0.717, 1.165) is 6.07 Å². The van der Waals surface area contributed by atoms with Crippen molar-refractivity contribution in [2.75, 3.05) is 25.7 Å². The zero-order valence-corrected chi connectivity index (χ0v) is 15.9. The molecule has 160 valence electrons. The highest BCUT2D eigenvalue weighted by molar-refractivity contribution is 5.93. The molecule has 1 amide bonds. The van der Waals surface area contributed by atoms with Crippen LogP contribution in [0.4, 0.5) is 24.5 Å².